The van der Waals surface area contributed by atoms with E-state index in [1.807, 2.05) is 6.92 Å². The number of aromatic nitrogens is 5. The number of amides is 1. The first-order chi connectivity index (χ1) is 13.2. The highest BCUT2D eigenvalue weighted by molar-refractivity contribution is 5.93. The molecule has 150 valence electrons. The highest BCUT2D eigenvalue weighted by Crippen LogP contribution is 2.25. The number of halogens is 4. The van der Waals surface area contributed by atoms with Crippen molar-refractivity contribution in [2.45, 2.75) is 46.2 Å². The number of rotatable bonds is 6. The molecule has 0 saturated carbocycles. The average Bonchev–Trinajstić information content (AvgIpc) is 3.23. The first kappa shape index (κ1) is 19.8. The van der Waals surface area contributed by atoms with Gasteiger partial charge in [0.1, 0.15) is 11.4 Å². The first-order valence-electron chi connectivity index (χ1n) is 8.53. The molecule has 3 heterocycles. The summed E-state index contributed by atoms with van der Waals surface area (Å²) in [6, 6.07) is 1.27. The van der Waals surface area contributed by atoms with E-state index in [0.29, 0.717) is 17.1 Å². The Bertz CT molecular complexity index is 1010. The summed E-state index contributed by atoms with van der Waals surface area (Å²) in [4.78, 5) is 16.1. The Morgan fingerprint density at radius 2 is 1.89 bits per heavy atom. The van der Waals surface area contributed by atoms with Crippen LogP contribution in [0.4, 0.5) is 17.6 Å². The van der Waals surface area contributed by atoms with E-state index in [4.69, 9.17) is 0 Å². The lowest BCUT2D eigenvalue weighted by molar-refractivity contribution is 0.0933. The Balaban J connectivity index is 1.91. The summed E-state index contributed by atoms with van der Waals surface area (Å²) >= 11 is 0. The predicted octanol–water partition coefficient (Wildman–Crippen LogP) is 3.62. The van der Waals surface area contributed by atoms with Gasteiger partial charge in [0.05, 0.1) is 11.7 Å². The quantitative estimate of drug-likeness (QED) is 0.644. The molecular formula is C17H18F4N6O. The van der Waals surface area contributed by atoms with Crippen molar-refractivity contribution < 1.29 is 22.4 Å². The SMILES string of the molecule is CCn1cc(C(C)NC(=O)c2cc3nc(C(F)F)cc(C(F)F)n3n2)c(C)n1. The number of aryl methyl sites for hydroxylation is 2. The molecule has 3 rings (SSSR count). The van der Waals surface area contributed by atoms with Gasteiger partial charge in [-0.05, 0) is 26.8 Å². The molecule has 7 nitrogen and oxygen atoms in total. The summed E-state index contributed by atoms with van der Waals surface area (Å²) < 4.78 is 54.7. The number of nitrogens with zero attached hydrogens (tertiary/aromatic N) is 5. The van der Waals surface area contributed by atoms with Gasteiger partial charge in [0.2, 0.25) is 0 Å². The molecule has 1 atom stereocenters. The highest BCUT2D eigenvalue weighted by Gasteiger charge is 2.23. The second kappa shape index (κ2) is 7.56. The fourth-order valence-electron chi connectivity index (χ4n) is 2.86. The molecule has 28 heavy (non-hydrogen) atoms. The number of hydrogen-bond acceptors (Lipinski definition) is 4. The summed E-state index contributed by atoms with van der Waals surface area (Å²) in [5, 5.41) is 10.8. The van der Waals surface area contributed by atoms with E-state index in [1.165, 1.54) is 0 Å². The number of hydrogen-bond donors (Lipinski definition) is 1. The van der Waals surface area contributed by atoms with Gasteiger partial charge in [0.15, 0.2) is 11.3 Å². The fraction of sp³-hybridized carbons (Fsp3) is 0.412. The summed E-state index contributed by atoms with van der Waals surface area (Å²) in [6.45, 7) is 6.15. The van der Waals surface area contributed by atoms with Crippen LogP contribution in [0.15, 0.2) is 18.3 Å². The monoisotopic (exact) mass is 398 g/mol. The molecule has 0 aliphatic heterocycles. The van der Waals surface area contributed by atoms with Crippen LogP contribution in [0.2, 0.25) is 0 Å². The van der Waals surface area contributed by atoms with Crippen molar-refractivity contribution >= 4 is 11.6 Å². The number of fused-ring (bicyclic) bond motifs is 1. The lowest BCUT2D eigenvalue weighted by Gasteiger charge is -2.11. The van der Waals surface area contributed by atoms with E-state index >= 15 is 0 Å². The Morgan fingerprint density at radius 3 is 2.46 bits per heavy atom. The lowest BCUT2D eigenvalue weighted by atomic mass is 10.1. The molecule has 11 heteroatoms. The first-order valence-corrected chi connectivity index (χ1v) is 8.53. The summed E-state index contributed by atoms with van der Waals surface area (Å²) in [5.74, 6) is -0.638. The third-order valence-electron chi connectivity index (χ3n) is 4.28. The van der Waals surface area contributed by atoms with E-state index in [-0.39, 0.29) is 11.3 Å². The largest absolute Gasteiger partial charge is 0.344 e. The summed E-state index contributed by atoms with van der Waals surface area (Å²) in [7, 11) is 0. The van der Waals surface area contributed by atoms with Gasteiger partial charge in [-0.25, -0.2) is 27.1 Å². The topological polar surface area (TPSA) is 77.1 Å². The highest BCUT2D eigenvalue weighted by atomic mass is 19.3. The Morgan fingerprint density at radius 1 is 1.18 bits per heavy atom. The predicted molar refractivity (Wildman–Crippen MR) is 91.4 cm³/mol. The molecule has 3 aromatic rings. The molecule has 1 unspecified atom stereocenters. The van der Waals surface area contributed by atoms with E-state index in [0.717, 1.165) is 17.3 Å². The van der Waals surface area contributed by atoms with Crippen molar-refractivity contribution in [1.29, 1.82) is 0 Å². The van der Waals surface area contributed by atoms with Crippen LogP contribution < -0.4 is 5.32 Å². The van der Waals surface area contributed by atoms with Crippen molar-refractivity contribution in [1.82, 2.24) is 29.7 Å². The molecule has 0 fully saturated rings. The van der Waals surface area contributed by atoms with Gasteiger partial charge in [-0.3, -0.25) is 9.48 Å². The third-order valence-corrected chi connectivity index (χ3v) is 4.28. The number of alkyl halides is 4. The molecule has 3 aromatic heterocycles. The van der Waals surface area contributed by atoms with Crippen molar-refractivity contribution in [3.63, 3.8) is 0 Å². The molecule has 0 radical (unpaired) electrons. The molecule has 0 bridgehead atoms. The number of carbonyl (C=O) groups excluding carboxylic acids is 1. The molecule has 1 amide bonds. The standard InChI is InChI=1S/C17H18F4N6O/c1-4-26-7-10(9(3)24-26)8(2)22-17(28)12-6-14-23-11(15(18)19)5-13(16(20)21)27(14)25-12/h5-8,15-16H,4H2,1-3H3,(H,22,28). The molecule has 0 aliphatic rings. The van der Waals surface area contributed by atoms with Crippen molar-refractivity contribution in [3.05, 3.63) is 46.7 Å². The molecule has 0 aromatic carbocycles. The zero-order valence-corrected chi connectivity index (χ0v) is 15.3. The van der Waals surface area contributed by atoms with Gasteiger partial charge in [-0.2, -0.15) is 10.2 Å². The van der Waals surface area contributed by atoms with Crippen LogP contribution in [0, 0.1) is 6.92 Å². The minimum absolute atomic E-state index is 0.201. The molecule has 1 N–H and O–H groups in total. The molecule has 0 saturated heterocycles. The average molecular weight is 398 g/mol. The Hall–Kier alpha value is -2.98. The smallest absolute Gasteiger partial charge is 0.280 e. The maximum absolute atomic E-state index is 13.2. The van der Waals surface area contributed by atoms with Gasteiger partial charge < -0.3 is 5.32 Å². The van der Waals surface area contributed by atoms with Crippen LogP contribution in [0.3, 0.4) is 0 Å². The van der Waals surface area contributed by atoms with Crippen LogP contribution in [0.1, 0.15) is 65.9 Å². The van der Waals surface area contributed by atoms with Crippen LogP contribution in [0.25, 0.3) is 5.65 Å². The molecule has 0 spiro atoms. The molecule has 0 aliphatic carbocycles. The van der Waals surface area contributed by atoms with Crippen molar-refractivity contribution in [3.8, 4) is 0 Å². The minimum Gasteiger partial charge on any atom is -0.344 e. The maximum Gasteiger partial charge on any atom is 0.280 e. The van der Waals surface area contributed by atoms with E-state index in [9.17, 15) is 22.4 Å². The van der Waals surface area contributed by atoms with Gasteiger partial charge >= 0.3 is 0 Å². The lowest BCUT2D eigenvalue weighted by Crippen LogP contribution is -2.27. The molecular weight excluding hydrogens is 380 g/mol. The second-order valence-electron chi connectivity index (χ2n) is 6.23. The zero-order valence-electron chi connectivity index (χ0n) is 15.3. The van der Waals surface area contributed by atoms with E-state index < -0.39 is 36.2 Å². The third kappa shape index (κ3) is 3.69. The van der Waals surface area contributed by atoms with Gasteiger partial charge in [0.25, 0.3) is 18.8 Å². The van der Waals surface area contributed by atoms with Gasteiger partial charge in [-0.15, -0.1) is 0 Å². The van der Waals surface area contributed by atoms with Crippen LogP contribution >= 0.6 is 0 Å². The van der Waals surface area contributed by atoms with Gasteiger partial charge in [0, 0.05) is 24.4 Å². The zero-order chi connectivity index (χ0) is 20.6. The number of carbonyl (C=O) groups is 1. The fourth-order valence-corrected chi connectivity index (χ4v) is 2.86. The normalized spacial score (nSPS) is 12.9. The van der Waals surface area contributed by atoms with Crippen LogP contribution in [-0.2, 0) is 6.54 Å². The van der Waals surface area contributed by atoms with Crippen molar-refractivity contribution in [2.75, 3.05) is 0 Å². The van der Waals surface area contributed by atoms with Crippen LogP contribution in [0.5, 0.6) is 0 Å². The second-order valence-corrected chi connectivity index (χ2v) is 6.23. The van der Waals surface area contributed by atoms with Crippen molar-refractivity contribution in [2.24, 2.45) is 0 Å². The Labute approximate surface area is 157 Å². The van der Waals surface area contributed by atoms with Gasteiger partial charge in [-0.1, -0.05) is 0 Å². The minimum atomic E-state index is -3.06. The Kier molecular flexibility index (Phi) is 5.34. The maximum atomic E-state index is 13.2. The summed E-state index contributed by atoms with van der Waals surface area (Å²) in [5.41, 5.74) is -0.467. The van der Waals surface area contributed by atoms with E-state index in [1.54, 1.807) is 24.7 Å². The van der Waals surface area contributed by atoms with E-state index in [2.05, 4.69) is 20.5 Å². The summed E-state index contributed by atoms with van der Waals surface area (Å²) in [6.07, 6.45) is -4.27. The number of nitrogens with one attached hydrogen (secondary N) is 1. The van der Waals surface area contributed by atoms with Crippen LogP contribution in [-0.4, -0.2) is 30.3 Å².